The molecule has 3 aromatic rings. The largest absolute Gasteiger partial charge is 0.872 e. The summed E-state index contributed by atoms with van der Waals surface area (Å²) in [5, 5.41) is 13.9. The minimum absolute atomic E-state index is 0.0117. The summed E-state index contributed by atoms with van der Waals surface area (Å²) < 4.78 is 11.5. The van der Waals surface area contributed by atoms with E-state index in [1.54, 1.807) is 35.2 Å². The second-order valence-electron chi connectivity index (χ2n) is 10.0. The van der Waals surface area contributed by atoms with Gasteiger partial charge in [-0.2, -0.15) is 0 Å². The number of likely N-dealkylation sites (tertiary alicyclic amines) is 1. The zero-order valence-corrected chi connectivity index (χ0v) is 23.0. The zero-order chi connectivity index (χ0) is 27.9. The van der Waals surface area contributed by atoms with Gasteiger partial charge in [-0.3, -0.25) is 9.59 Å². The van der Waals surface area contributed by atoms with Crippen molar-refractivity contribution >= 4 is 17.4 Å². The summed E-state index contributed by atoms with van der Waals surface area (Å²) in [6.45, 7) is 5.87. The van der Waals surface area contributed by atoms with Crippen molar-refractivity contribution in [2.24, 2.45) is 0 Å². The van der Waals surface area contributed by atoms with E-state index in [9.17, 15) is 14.7 Å². The van der Waals surface area contributed by atoms with Crippen LogP contribution in [0.2, 0.25) is 0 Å². The van der Waals surface area contributed by atoms with Gasteiger partial charge in [0.15, 0.2) is 0 Å². The lowest BCUT2D eigenvalue weighted by molar-refractivity contribution is -0.858. The third kappa shape index (κ3) is 6.49. The Morgan fingerprint density at radius 3 is 2.28 bits per heavy atom. The molecule has 1 N–H and O–H groups in total. The van der Waals surface area contributed by atoms with E-state index in [1.807, 2.05) is 70.4 Å². The van der Waals surface area contributed by atoms with Crippen LogP contribution in [0.25, 0.3) is 5.76 Å². The average molecular weight is 529 g/mol. The van der Waals surface area contributed by atoms with Gasteiger partial charge in [-0.15, -0.1) is 0 Å². The van der Waals surface area contributed by atoms with E-state index in [0.717, 1.165) is 12.1 Å². The highest BCUT2D eigenvalue weighted by molar-refractivity contribution is 6.46. The second-order valence-corrected chi connectivity index (χ2v) is 10.0. The Morgan fingerprint density at radius 1 is 0.949 bits per heavy atom. The van der Waals surface area contributed by atoms with Gasteiger partial charge in [0.1, 0.15) is 18.1 Å². The molecule has 1 heterocycles. The lowest BCUT2D eigenvalue weighted by Gasteiger charge is -2.28. The number of carbonyl (C=O) groups excluding carboxylic acids is 2. The van der Waals surface area contributed by atoms with Crippen molar-refractivity contribution in [1.82, 2.24) is 4.90 Å². The van der Waals surface area contributed by atoms with Gasteiger partial charge in [0.2, 0.25) is 5.78 Å². The van der Waals surface area contributed by atoms with Gasteiger partial charge in [-0.1, -0.05) is 54.3 Å². The molecule has 1 aliphatic heterocycles. The van der Waals surface area contributed by atoms with Crippen LogP contribution in [0.4, 0.5) is 0 Å². The Bertz CT molecular complexity index is 1330. The maximum atomic E-state index is 13.9. The number of amides is 1. The molecule has 0 spiro atoms. The van der Waals surface area contributed by atoms with Crippen LogP contribution in [0.3, 0.4) is 0 Å². The fourth-order valence-corrected chi connectivity index (χ4v) is 4.83. The molecule has 1 atom stereocenters. The number of quaternary nitrogens is 1. The molecular weight excluding hydrogens is 492 g/mol. The van der Waals surface area contributed by atoms with Crippen molar-refractivity contribution in [2.45, 2.75) is 32.9 Å². The molecule has 39 heavy (non-hydrogen) atoms. The number of Topliss-reactive ketones (excluding diaryl/α,β-unsaturated/α-hetero) is 1. The summed E-state index contributed by atoms with van der Waals surface area (Å²) in [7, 11) is 4.08. The Balaban J connectivity index is 1.68. The number of hydrogen-bond donors (Lipinski definition) is 1. The number of aryl methyl sites for hydroxylation is 1. The summed E-state index contributed by atoms with van der Waals surface area (Å²) in [4.78, 5) is 29.3. The lowest BCUT2D eigenvalue weighted by Crippen LogP contribution is -3.05. The topological polar surface area (TPSA) is 83.3 Å². The van der Waals surface area contributed by atoms with Gasteiger partial charge >= 0.3 is 0 Å². The number of ketones is 1. The van der Waals surface area contributed by atoms with Crippen molar-refractivity contribution < 1.29 is 29.1 Å². The predicted octanol–water partition coefficient (Wildman–Crippen LogP) is 2.73. The fraction of sp³-hybridized carbons (Fsp3) is 0.312. The van der Waals surface area contributed by atoms with Gasteiger partial charge in [-0.25, -0.2) is 0 Å². The number of nitrogens with zero attached hydrogens (tertiary/aromatic N) is 1. The van der Waals surface area contributed by atoms with Crippen molar-refractivity contribution in [1.29, 1.82) is 0 Å². The number of rotatable bonds is 11. The third-order valence-corrected chi connectivity index (χ3v) is 6.80. The van der Waals surface area contributed by atoms with Gasteiger partial charge in [0.25, 0.3) is 5.91 Å². The van der Waals surface area contributed by atoms with Gasteiger partial charge in [0.05, 0.1) is 33.3 Å². The highest BCUT2D eigenvalue weighted by atomic mass is 16.5. The summed E-state index contributed by atoms with van der Waals surface area (Å²) in [6, 6.07) is 21.5. The van der Waals surface area contributed by atoms with E-state index in [2.05, 4.69) is 0 Å². The number of hydrogen-bond acceptors (Lipinski definition) is 5. The molecule has 1 amide bonds. The van der Waals surface area contributed by atoms with Crippen LogP contribution in [0, 0.1) is 6.92 Å². The molecule has 1 saturated heterocycles. The Hall–Kier alpha value is -4.10. The quantitative estimate of drug-likeness (QED) is 0.235. The van der Waals surface area contributed by atoms with Crippen LogP contribution < -0.4 is 19.5 Å². The van der Waals surface area contributed by atoms with E-state index in [1.165, 1.54) is 4.90 Å². The molecule has 3 aromatic carbocycles. The van der Waals surface area contributed by atoms with E-state index in [-0.39, 0.29) is 5.57 Å². The molecule has 1 aliphatic rings. The molecule has 1 unspecified atom stereocenters. The van der Waals surface area contributed by atoms with Gasteiger partial charge in [0, 0.05) is 18.5 Å². The first-order valence-electron chi connectivity index (χ1n) is 13.4. The van der Waals surface area contributed by atoms with Crippen LogP contribution in [0.5, 0.6) is 11.5 Å². The fourth-order valence-electron chi connectivity index (χ4n) is 4.83. The van der Waals surface area contributed by atoms with Crippen molar-refractivity contribution in [3.05, 3.63) is 101 Å². The molecule has 0 aliphatic carbocycles. The summed E-state index contributed by atoms with van der Waals surface area (Å²) >= 11 is 0. The Labute approximate surface area is 230 Å². The van der Waals surface area contributed by atoms with Crippen LogP contribution in [0.15, 0.2) is 78.4 Å². The SMILES string of the molecule is CCOc1ccc(C2/C(=C(\[O-])c3ccc(OCc4ccccc4)cc3C)C(=O)C(=O)N2CCC[NH+](C)C)cc1. The molecule has 1 fully saturated rings. The predicted molar refractivity (Wildman–Crippen MR) is 148 cm³/mol. The number of nitrogens with one attached hydrogen (secondary N) is 1. The monoisotopic (exact) mass is 528 g/mol. The minimum Gasteiger partial charge on any atom is -0.872 e. The molecule has 0 saturated carbocycles. The molecular formula is C32H36N2O5. The number of ether oxygens (including phenoxy) is 2. The molecule has 0 aromatic heterocycles. The number of carbonyl (C=O) groups is 2. The van der Waals surface area contributed by atoms with E-state index < -0.39 is 23.5 Å². The van der Waals surface area contributed by atoms with Crippen LogP contribution in [-0.4, -0.2) is 50.4 Å². The maximum Gasteiger partial charge on any atom is 0.295 e. The number of benzene rings is 3. The minimum atomic E-state index is -0.751. The Morgan fingerprint density at radius 2 is 1.64 bits per heavy atom. The van der Waals surface area contributed by atoms with Crippen molar-refractivity contribution in [2.75, 3.05) is 33.8 Å². The molecule has 0 radical (unpaired) electrons. The lowest BCUT2D eigenvalue weighted by atomic mass is 9.93. The van der Waals surface area contributed by atoms with Crippen LogP contribution >= 0.6 is 0 Å². The highest BCUT2D eigenvalue weighted by Gasteiger charge is 2.44. The molecule has 7 heteroatoms. The van der Waals surface area contributed by atoms with E-state index >= 15 is 0 Å². The van der Waals surface area contributed by atoms with Crippen molar-refractivity contribution in [3.63, 3.8) is 0 Å². The summed E-state index contributed by atoms with van der Waals surface area (Å²) in [5.41, 5.74) is 2.79. The first kappa shape index (κ1) is 27.9. The summed E-state index contributed by atoms with van der Waals surface area (Å²) in [5.74, 6) is -0.483. The normalized spacial score (nSPS) is 16.6. The first-order chi connectivity index (χ1) is 18.8. The zero-order valence-electron chi connectivity index (χ0n) is 23.0. The van der Waals surface area contributed by atoms with Crippen LogP contribution in [-0.2, 0) is 16.2 Å². The highest BCUT2D eigenvalue weighted by Crippen LogP contribution is 2.40. The second kappa shape index (κ2) is 12.6. The van der Waals surface area contributed by atoms with E-state index in [4.69, 9.17) is 9.47 Å². The van der Waals surface area contributed by atoms with Gasteiger partial charge in [-0.05, 0) is 60.4 Å². The van der Waals surface area contributed by atoms with Crippen LogP contribution in [0.1, 0.15) is 41.6 Å². The maximum absolute atomic E-state index is 13.9. The molecule has 204 valence electrons. The smallest absolute Gasteiger partial charge is 0.295 e. The Kier molecular flexibility index (Phi) is 9.04. The first-order valence-corrected chi connectivity index (χ1v) is 13.4. The van der Waals surface area contributed by atoms with Crippen molar-refractivity contribution in [3.8, 4) is 11.5 Å². The molecule has 7 nitrogen and oxygen atoms in total. The average Bonchev–Trinajstić information content (AvgIpc) is 3.18. The van der Waals surface area contributed by atoms with E-state index in [0.29, 0.717) is 54.4 Å². The standard InChI is InChI=1S/C32H36N2O5/c1-5-38-25-14-12-24(13-15-25)29-28(31(36)32(37)34(29)19-9-18-33(3)4)30(35)27-17-16-26(20-22(27)2)39-21-23-10-7-6-8-11-23/h6-8,10-17,20,29,35H,5,9,18-19,21H2,1-4H3/b30-28+. The molecule has 4 rings (SSSR count). The summed E-state index contributed by atoms with van der Waals surface area (Å²) in [6.07, 6.45) is 0.711. The van der Waals surface area contributed by atoms with Gasteiger partial charge < -0.3 is 24.4 Å². The molecule has 0 bridgehead atoms. The third-order valence-electron chi connectivity index (χ3n) is 6.80.